The molecule has 0 unspecified atom stereocenters. The predicted molar refractivity (Wildman–Crippen MR) is 97.4 cm³/mol. The van der Waals surface area contributed by atoms with E-state index in [2.05, 4.69) is 10.3 Å². The molecule has 0 saturated heterocycles. The fourth-order valence-corrected chi connectivity index (χ4v) is 2.50. The van der Waals surface area contributed by atoms with Crippen molar-refractivity contribution in [2.45, 2.75) is 6.42 Å². The molecule has 25 heavy (non-hydrogen) atoms. The lowest BCUT2D eigenvalue weighted by molar-refractivity contribution is -0.135. The number of rotatable bonds is 5. The van der Waals surface area contributed by atoms with Crippen molar-refractivity contribution >= 4 is 29.1 Å². The Morgan fingerprint density at radius 1 is 1.20 bits per heavy atom. The van der Waals surface area contributed by atoms with E-state index >= 15 is 0 Å². The maximum atomic E-state index is 12.2. The van der Waals surface area contributed by atoms with Crippen LogP contribution in [0.3, 0.4) is 0 Å². The molecule has 0 aliphatic carbocycles. The monoisotopic (exact) mass is 356 g/mol. The van der Waals surface area contributed by atoms with Gasteiger partial charge in [0.1, 0.15) is 0 Å². The molecule has 0 radical (unpaired) electrons. The van der Waals surface area contributed by atoms with Gasteiger partial charge in [-0.3, -0.25) is 4.79 Å². The van der Waals surface area contributed by atoms with Crippen molar-refractivity contribution in [2.75, 3.05) is 13.2 Å². The van der Waals surface area contributed by atoms with E-state index in [0.29, 0.717) is 23.6 Å². The summed E-state index contributed by atoms with van der Waals surface area (Å²) in [4.78, 5) is 17.2. The van der Waals surface area contributed by atoms with Crippen molar-refractivity contribution in [1.82, 2.24) is 5.01 Å². The van der Waals surface area contributed by atoms with Crippen LogP contribution in [0.15, 0.2) is 64.9 Å². The van der Waals surface area contributed by atoms with Crippen LogP contribution < -0.4 is 5.73 Å². The summed E-state index contributed by atoms with van der Waals surface area (Å²) in [7, 11) is 0. The van der Waals surface area contributed by atoms with Crippen LogP contribution in [0.2, 0.25) is 5.02 Å². The Bertz CT molecular complexity index is 804. The van der Waals surface area contributed by atoms with Crippen LogP contribution in [0.25, 0.3) is 0 Å². The maximum absolute atomic E-state index is 12.2. The summed E-state index contributed by atoms with van der Waals surface area (Å²) >= 11 is 5.82. The molecule has 1 aliphatic rings. The van der Waals surface area contributed by atoms with Crippen molar-refractivity contribution in [1.29, 1.82) is 0 Å². The van der Waals surface area contributed by atoms with E-state index in [1.807, 2.05) is 30.3 Å². The van der Waals surface area contributed by atoms with Crippen LogP contribution in [0.1, 0.15) is 17.5 Å². The Kier molecular flexibility index (Phi) is 5.30. The molecule has 0 saturated carbocycles. The van der Waals surface area contributed by atoms with Crippen LogP contribution in [-0.2, 0) is 9.63 Å². The average Bonchev–Trinajstić information content (AvgIpc) is 3.13. The molecule has 7 heteroatoms. The number of carbonyl (C=O) groups is 1. The van der Waals surface area contributed by atoms with Crippen LogP contribution in [0.5, 0.6) is 0 Å². The lowest BCUT2D eigenvalue weighted by Crippen LogP contribution is -2.27. The first-order chi connectivity index (χ1) is 12.1. The van der Waals surface area contributed by atoms with Crippen molar-refractivity contribution in [3.05, 3.63) is 70.7 Å². The summed E-state index contributed by atoms with van der Waals surface area (Å²) in [6, 6.07) is 16.6. The average molecular weight is 357 g/mol. The molecule has 1 heterocycles. The topological polar surface area (TPSA) is 80.3 Å². The van der Waals surface area contributed by atoms with Gasteiger partial charge in [0.2, 0.25) is 0 Å². The van der Waals surface area contributed by atoms with Gasteiger partial charge in [0.15, 0.2) is 12.4 Å². The Morgan fingerprint density at radius 3 is 2.64 bits per heavy atom. The fourth-order valence-electron chi connectivity index (χ4n) is 2.38. The molecule has 2 aromatic rings. The SMILES string of the molecule is N/C(=N\OCC(=O)N1CCC(c2ccccc2)=N1)c1ccc(Cl)cc1. The zero-order chi connectivity index (χ0) is 17.6. The number of nitrogens with two attached hydrogens (primary N) is 1. The quantitative estimate of drug-likeness (QED) is 0.508. The molecular weight excluding hydrogens is 340 g/mol. The number of nitrogens with zero attached hydrogens (tertiary/aromatic N) is 3. The fraction of sp³-hybridized carbons (Fsp3) is 0.167. The zero-order valence-corrected chi connectivity index (χ0v) is 14.2. The van der Waals surface area contributed by atoms with Gasteiger partial charge in [0.25, 0.3) is 5.91 Å². The lowest BCUT2D eigenvalue weighted by Gasteiger charge is -2.10. The first-order valence-corrected chi connectivity index (χ1v) is 8.16. The summed E-state index contributed by atoms with van der Waals surface area (Å²) in [5.41, 5.74) is 8.39. The molecule has 0 fully saturated rings. The summed E-state index contributed by atoms with van der Waals surface area (Å²) < 4.78 is 0. The summed E-state index contributed by atoms with van der Waals surface area (Å²) in [6.07, 6.45) is 0.714. The molecule has 2 N–H and O–H groups in total. The smallest absolute Gasteiger partial charge is 0.283 e. The molecule has 3 rings (SSSR count). The second-order valence-corrected chi connectivity index (χ2v) is 5.87. The van der Waals surface area contributed by atoms with Gasteiger partial charge < -0.3 is 10.6 Å². The predicted octanol–water partition coefficient (Wildman–Crippen LogP) is 2.61. The number of hydrogen-bond acceptors (Lipinski definition) is 4. The van der Waals surface area contributed by atoms with Gasteiger partial charge >= 0.3 is 0 Å². The third kappa shape index (κ3) is 4.36. The first kappa shape index (κ1) is 17.0. The molecule has 0 spiro atoms. The van der Waals surface area contributed by atoms with E-state index in [4.69, 9.17) is 22.2 Å². The van der Waals surface area contributed by atoms with E-state index in [1.165, 1.54) is 5.01 Å². The number of amidine groups is 1. The Hall–Kier alpha value is -2.86. The normalized spacial score (nSPS) is 14.4. The van der Waals surface area contributed by atoms with Crippen LogP contribution >= 0.6 is 11.6 Å². The van der Waals surface area contributed by atoms with Crippen LogP contribution in [-0.4, -0.2) is 35.6 Å². The van der Waals surface area contributed by atoms with Crippen molar-refractivity contribution in [2.24, 2.45) is 16.0 Å². The minimum atomic E-state index is -0.265. The highest BCUT2D eigenvalue weighted by molar-refractivity contribution is 6.30. The number of hydrazone groups is 1. The maximum Gasteiger partial charge on any atom is 0.283 e. The minimum Gasteiger partial charge on any atom is -0.384 e. The molecule has 6 nitrogen and oxygen atoms in total. The number of halogens is 1. The Balaban J connectivity index is 1.55. The van der Waals surface area contributed by atoms with E-state index in [-0.39, 0.29) is 18.3 Å². The minimum absolute atomic E-state index is 0.180. The Morgan fingerprint density at radius 2 is 1.92 bits per heavy atom. The largest absolute Gasteiger partial charge is 0.384 e. The zero-order valence-electron chi connectivity index (χ0n) is 13.4. The van der Waals surface area contributed by atoms with Gasteiger partial charge in [-0.2, -0.15) is 5.10 Å². The van der Waals surface area contributed by atoms with Crippen LogP contribution in [0.4, 0.5) is 0 Å². The number of oxime groups is 1. The molecule has 0 atom stereocenters. The number of amides is 1. The Labute approximate surface area is 150 Å². The highest BCUT2D eigenvalue weighted by Gasteiger charge is 2.21. The van der Waals surface area contributed by atoms with Crippen molar-refractivity contribution < 1.29 is 9.63 Å². The molecule has 1 amide bonds. The first-order valence-electron chi connectivity index (χ1n) is 7.78. The standard InChI is InChI=1S/C18H17ClN4O2/c19-15-8-6-14(7-9-15)18(20)22-25-12-17(24)23-11-10-16(21-23)13-4-2-1-3-5-13/h1-9H,10-12H2,(H2,20,22). The van der Waals surface area contributed by atoms with E-state index in [9.17, 15) is 4.79 Å². The van der Waals surface area contributed by atoms with E-state index < -0.39 is 0 Å². The summed E-state index contributed by atoms with van der Waals surface area (Å²) in [6.45, 7) is 0.308. The summed E-state index contributed by atoms with van der Waals surface area (Å²) in [5, 5.41) is 10.1. The highest BCUT2D eigenvalue weighted by atomic mass is 35.5. The van der Waals surface area contributed by atoms with Gasteiger partial charge in [-0.15, -0.1) is 0 Å². The second kappa shape index (κ2) is 7.81. The van der Waals surface area contributed by atoms with Crippen LogP contribution in [0, 0.1) is 0 Å². The number of benzene rings is 2. The number of hydrogen-bond donors (Lipinski definition) is 1. The van der Waals surface area contributed by atoms with Gasteiger partial charge in [0, 0.05) is 17.0 Å². The summed E-state index contributed by atoms with van der Waals surface area (Å²) in [5.74, 6) is -0.0852. The second-order valence-electron chi connectivity index (χ2n) is 5.44. The van der Waals surface area contributed by atoms with Gasteiger partial charge in [-0.05, 0) is 29.8 Å². The third-order valence-corrected chi connectivity index (χ3v) is 3.94. The molecule has 128 valence electrons. The molecule has 0 bridgehead atoms. The van der Waals surface area contributed by atoms with Gasteiger partial charge in [0.05, 0.1) is 12.3 Å². The van der Waals surface area contributed by atoms with Crippen molar-refractivity contribution in [3.8, 4) is 0 Å². The van der Waals surface area contributed by atoms with E-state index in [0.717, 1.165) is 11.3 Å². The molecule has 1 aliphatic heterocycles. The molecule has 0 aromatic heterocycles. The third-order valence-electron chi connectivity index (χ3n) is 3.69. The van der Waals surface area contributed by atoms with Crippen molar-refractivity contribution in [3.63, 3.8) is 0 Å². The van der Waals surface area contributed by atoms with Gasteiger partial charge in [-0.25, -0.2) is 5.01 Å². The van der Waals surface area contributed by atoms with E-state index in [1.54, 1.807) is 24.3 Å². The lowest BCUT2D eigenvalue weighted by atomic mass is 10.1. The molecule has 2 aromatic carbocycles. The highest BCUT2D eigenvalue weighted by Crippen LogP contribution is 2.14. The number of carbonyl (C=O) groups excluding carboxylic acids is 1. The molecular formula is C18H17ClN4O2. The van der Waals surface area contributed by atoms with Gasteiger partial charge in [-0.1, -0.05) is 47.1 Å².